The molecule has 0 atom stereocenters. The molecule has 0 saturated carbocycles. The average Bonchev–Trinajstić information content (AvgIpc) is 3.05. The van der Waals surface area contributed by atoms with Crippen molar-refractivity contribution in [1.82, 2.24) is 19.9 Å². The van der Waals surface area contributed by atoms with Crippen LogP contribution < -0.4 is 4.74 Å². The zero-order chi connectivity index (χ0) is 13.1. The first-order valence-corrected chi connectivity index (χ1v) is 7.06. The normalized spacial score (nSPS) is 16.3. The van der Waals surface area contributed by atoms with Crippen LogP contribution in [0, 0.1) is 0 Å². The van der Waals surface area contributed by atoms with Crippen LogP contribution in [0.3, 0.4) is 0 Å². The van der Waals surface area contributed by atoms with E-state index in [9.17, 15) is 0 Å². The second-order valence-electron chi connectivity index (χ2n) is 4.94. The Balaban J connectivity index is 1.69. The topological polar surface area (TPSA) is 54.0 Å². The van der Waals surface area contributed by atoms with Crippen LogP contribution in [-0.2, 0) is 6.42 Å². The summed E-state index contributed by atoms with van der Waals surface area (Å²) in [5, 5.41) is 0. The van der Waals surface area contributed by atoms with Crippen LogP contribution >= 0.6 is 0 Å². The summed E-state index contributed by atoms with van der Waals surface area (Å²) in [5.74, 6) is 1.66. The smallest absolute Gasteiger partial charge is 0.215 e. The molecule has 0 bridgehead atoms. The summed E-state index contributed by atoms with van der Waals surface area (Å²) in [7, 11) is 0. The molecule has 5 nitrogen and oxygen atoms in total. The molecular weight excluding hydrogens is 240 g/mol. The van der Waals surface area contributed by atoms with E-state index in [0.29, 0.717) is 12.5 Å². The number of rotatable bonds is 5. The summed E-state index contributed by atoms with van der Waals surface area (Å²) in [6, 6.07) is 3.87. The van der Waals surface area contributed by atoms with Crippen molar-refractivity contribution in [2.24, 2.45) is 0 Å². The second kappa shape index (κ2) is 5.57. The standard InChI is InChI=1S/C14H20N4O/c1-2-19-13-6-5-11-14(17-13)16-12(15-11)7-10-18-8-3-4-9-18/h5-6H,2-4,7-10H2,1H3,(H,15,16,17). The highest BCUT2D eigenvalue weighted by Crippen LogP contribution is 2.15. The number of likely N-dealkylation sites (tertiary alicyclic amines) is 1. The predicted molar refractivity (Wildman–Crippen MR) is 74.4 cm³/mol. The van der Waals surface area contributed by atoms with Gasteiger partial charge in [0.1, 0.15) is 5.82 Å². The van der Waals surface area contributed by atoms with E-state index in [-0.39, 0.29) is 0 Å². The summed E-state index contributed by atoms with van der Waals surface area (Å²) >= 11 is 0. The van der Waals surface area contributed by atoms with Crippen LogP contribution in [0.25, 0.3) is 11.2 Å². The molecule has 5 heteroatoms. The van der Waals surface area contributed by atoms with Gasteiger partial charge in [0, 0.05) is 19.0 Å². The number of aromatic amines is 1. The van der Waals surface area contributed by atoms with E-state index in [1.54, 1.807) is 0 Å². The molecule has 2 aromatic rings. The SMILES string of the molecule is CCOc1ccc2[nH]c(CCN3CCCC3)nc2n1. The Morgan fingerprint density at radius 2 is 2.11 bits per heavy atom. The molecule has 1 aliphatic rings. The lowest BCUT2D eigenvalue weighted by Crippen LogP contribution is -2.22. The van der Waals surface area contributed by atoms with E-state index in [0.717, 1.165) is 30.0 Å². The Bertz CT molecular complexity index is 545. The molecule has 2 aromatic heterocycles. The van der Waals surface area contributed by atoms with Gasteiger partial charge < -0.3 is 14.6 Å². The van der Waals surface area contributed by atoms with E-state index in [1.165, 1.54) is 25.9 Å². The van der Waals surface area contributed by atoms with Gasteiger partial charge in [0.15, 0.2) is 5.65 Å². The number of ether oxygens (including phenoxy) is 1. The van der Waals surface area contributed by atoms with Crippen LogP contribution in [0.5, 0.6) is 5.88 Å². The number of nitrogens with one attached hydrogen (secondary N) is 1. The molecule has 0 unspecified atom stereocenters. The van der Waals surface area contributed by atoms with Gasteiger partial charge in [-0.1, -0.05) is 0 Å². The minimum absolute atomic E-state index is 0.630. The van der Waals surface area contributed by atoms with Gasteiger partial charge in [0.25, 0.3) is 0 Å². The molecule has 0 radical (unpaired) electrons. The van der Waals surface area contributed by atoms with E-state index < -0.39 is 0 Å². The van der Waals surface area contributed by atoms with Crippen LogP contribution in [-0.4, -0.2) is 46.1 Å². The number of H-pyrrole nitrogens is 1. The highest BCUT2D eigenvalue weighted by Gasteiger charge is 2.12. The molecule has 0 aromatic carbocycles. The van der Waals surface area contributed by atoms with E-state index >= 15 is 0 Å². The molecule has 0 aliphatic carbocycles. The van der Waals surface area contributed by atoms with Gasteiger partial charge in [0.2, 0.25) is 5.88 Å². The first-order chi connectivity index (χ1) is 9.35. The number of pyridine rings is 1. The molecule has 102 valence electrons. The van der Waals surface area contributed by atoms with Crippen LogP contribution in [0.4, 0.5) is 0 Å². The second-order valence-corrected chi connectivity index (χ2v) is 4.94. The molecule has 1 N–H and O–H groups in total. The molecule has 19 heavy (non-hydrogen) atoms. The quantitative estimate of drug-likeness (QED) is 0.893. The minimum Gasteiger partial charge on any atom is -0.478 e. The fraction of sp³-hybridized carbons (Fsp3) is 0.571. The van der Waals surface area contributed by atoms with Crippen LogP contribution in [0.2, 0.25) is 0 Å². The summed E-state index contributed by atoms with van der Waals surface area (Å²) in [6.07, 6.45) is 3.62. The highest BCUT2D eigenvalue weighted by molar-refractivity contribution is 5.71. The molecule has 1 aliphatic heterocycles. The highest BCUT2D eigenvalue weighted by atomic mass is 16.5. The maximum atomic E-state index is 5.39. The molecular formula is C14H20N4O. The Kier molecular flexibility index (Phi) is 3.64. The Morgan fingerprint density at radius 3 is 2.89 bits per heavy atom. The molecule has 3 rings (SSSR count). The monoisotopic (exact) mass is 260 g/mol. The Morgan fingerprint density at radius 1 is 1.26 bits per heavy atom. The maximum absolute atomic E-state index is 5.39. The van der Waals surface area contributed by atoms with Crippen molar-refractivity contribution >= 4 is 11.2 Å². The third kappa shape index (κ3) is 2.87. The third-order valence-corrected chi connectivity index (χ3v) is 3.53. The van der Waals surface area contributed by atoms with E-state index in [2.05, 4.69) is 19.9 Å². The van der Waals surface area contributed by atoms with Gasteiger partial charge in [-0.25, -0.2) is 4.98 Å². The van der Waals surface area contributed by atoms with E-state index in [1.807, 2.05) is 19.1 Å². The van der Waals surface area contributed by atoms with Gasteiger partial charge >= 0.3 is 0 Å². The predicted octanol–water partition coefficient (Wildman–Crippen LogP) is 1.99. The van der Waals surface area contributed by atoms with Gasteiger partial charge in [-0.2, -0.15) is 4.98 Å². The van der Waals surface area contributed by atoms with Crippen molar-refractivity contribution < 1.29 is 4.74 Å². The lowest BCUT2D eigenvalue weighted by molar-refractivity contribution is 0.328. The van der Waals surface area contributed by atoms with Crippen molar-refractivity contribution in [3.63, 3.8) is 0 Å². The lowest BCUT2D eigenvalue weighted by atomic mass is 10.4. The van der Waals surface area contributed by atoms with Crippen LogP contribution in [0.15, 0.2) is 12.1 Å². The number of nitrogens with zero attached hydrogens (tertiary/aromatic N) is 3. The van der Waals surface area contributed by atoms with Crippen molar-refractivity contribution in [2.45, 2.75) is 26.2 Å². The van der Waals surface area contributed by atoms with E-state index in [4.69, 9.17) is 4.74 Å². The van der Waals surface area contributed by atoms with Gasteiger partial charge in [-0.15, -0.1) is 0 Å². The lowest BCUT2D eigenvalue weighted by Gasteiger charge is -2.12. The van der Waals surface area contributed by atoms with Crippen molar-refractivity contribution in [3.8, 4) is 5.88 Å². The summed E-state index contributed by atoms with van der Waals surface area (Å²) in [6.45, 7) is 6.13. The van der Waals surface area contributed by atoms with Gasteiger partial charge in [0.05, 0.1) is 12.1 Å². The zero-order valence-corrected chi connectivity index (χ0v) is 11.4. The minimum atomic E-state index is 0.630. The van der Waals surface area contributed by atoms with Crippen molar-refractivity contribution in [1.29, 1.82) is 0 Å². The number of fused-ring (bicyclic) bond motifs is 1. The molecule has 1 saturated heterocycles. The summed E-state index contributed by atoms with van der Waals surface area (Å²) in [5.41, 5.74) is 1.74. The first-order valence-electron chi connectivity index (χ1n) is 7.06. The fourth-order valence-electron chi connectivity index (χ4n) is 2.54. The number of aromatic nitrogens is 3. The molecule has 0 amide bonds. The zero-order valence-electron chi connectivity index (χ0n) is 11.4. The molecule has 1 fully saturated rings. The summed E-state index contributed by atoms with van der Waals surface area (Å²) < 4.78 is 5.39. The number of hydrogen-bond donors (Lipinski definition) is 1. The first kappa shape index (κ1) is 12.4. The third-order valence-electron chi connectivity index (χ3n) is 3.53. The Labute approximate surface area is 113 Å². The van der Waals surface area contributed by atoms with Gasteiger partial charge in [-0.3, -0.25) is 0 Å². The fourth-order valence-corrected chi connectivity index (χ4v) is 2.54. The maximum Gasteiger partial charge on any atom is 0.215 e. The van der Waals surface area contributed by atoms with Gasteiger partial charge in [-0.05, 0) is 38.9 Å². The molecule has 0 spiro atoms. The largest absolute Gasteiger partial charge is 0.478 e. The molecule has 3 heterocycles. The van der Waals surface area contributed by atoms with Crippen molar-refractivity contribution in [3.05, 3.63) is 18.0 Å². The average molecular weight is 260 g/mol. The van der Waals surface area contributed by atoms with Crippen molar-refractivity contribution in [2.75, 3.05) is 26.2 Å². The Hall–Kier alpha value is -1.62. The van der Waals surface area contributed by atoms with Crippen LogP contribution in [0.1, 0.15) is 25.6 Å². The number of hydrogen-bond acceptors (Lipinski definition) is 4. The number of imidazole rings is 1. The summed E-state index contributed by atoms with van der Waals surface area (Å²) in [4.78, 5) is 14.8.